The highest BCUT2D eigenvalue weighted by Crippen LogP contribution is 2.14. The number of benzene rings is 1. The van der Waals surface area contributed by atoms with Gasteiger partial charge in [-0.2, -0.15) is 0 Å². The van der Waals surface area contributed by atoms with Crippen LogP contribution in [0.15, 0.2) is 29.3 Å². The molecule has 0 bridgehead atoms. The lowest BCUT2D eigenvalue weighted by Crippen LogP contribution is -2.57. The van der Waals surface area contributed by atoms with Crippen molar-refractivity contribution in [3.63, 3.8) is 0 Å². The van der Waals surface area contributed by atoms with Crippen molar-refractivity contribution in [1.82, 2.24) is 20.0 Å². The molecule has 1 amide bonds. The van der Waals surface area contributed by atoms with E-state index in [2.05, 4.69) is 67.1 Å². The quantitative estimate of drug-likeness (QED) is 0.495. The molecular formula is C25H41N5O2. The van der Waals surface area contributed by atoms with Gasteiger partial charge in [0.15, 0.2) is 5.96 Å². The molecule has 0 aromatic heterocycles. The number of nitrogens with zero attached hydrogens (tertiary/aromatic N) is 4. The molecule has 0 radical (unpaired) electrons. The van der Waals surface area contributed by atoms with Gasteiger partial charge in [0.2, 0.25) is 5.91 Å². The standard InChI is InChI=1S/C25H41N5O2/c1-5-26-25(27-18-22-8-10-23(11-9-22)19-32-20(2)3)30-16-14-28(15-17-30)21(4)24(31)29-12-6-7-13-29/h8-11,20-21H,5-7,12-19H2,1-4H3,(H,26,27). The molecule has 2 aliphatic heterocycles. The molecule has 0 aliphatic carbocycles. The Hall–Kier alpha value is -2.12. The van der Waals surface area contributed by atoms with Crippen LogP contribution in [0.4, 0.5) is 0 Å². The summed E-state index contributed by atoms with van der Waals surface area (Å²) in [6.45, 7) is 15.8. The normalized spacial score (nSPS) is 19.0. The maximum absolute atomic E-state index is 12.7. The molecule has 7 heteroatoms. The summed E-state index contributed by atoms with van der Waals surface area (Å²) in [5.74, 6) is 1.25. The molecule has 178 valence electrons. The maximum atomic E-state index is 12.7. The molecule has 7 nitrogen and oxygen atoms in total. The number of nitrogens with one attached hydrogen (secondary N) is 1. The monoisotopic (exact) mass is 443 g/mol. The first-order chi connectivity index (χ1) is 15.5. The fourth-order valence-electron chi connectivity index (χ4n) is 4.27. The van der Waals surface area contributed by atoms with Crippen LogP contribution in [0.1, 0.15) is 51.7 Å². The molecule has 3 rings (SSSR count). The maximum Gasteiger partial charge on any atom is 0.239 e. The second-order valence-electron chi connectivity index (χ2n) is 9.08. The molecule has 2 aliphatic rings. The topological polar surface area (TPSA) is 60.4 Å². The second kappa shape index (κ2) is 12.2. The highest BCUT2D eigenvalue weighted by molar-refractivity contribution is 5.82. The van der Waals surface area contributed by atoms with Gasteiger partial charge in [0.25, 0.3) is 0 Å². The number of guanidine groups is 1. The van der Waals surface area contributed by atoms with Crippen LogP contribution < -0.4 is 5.32 Å². The Bertz CT molecular complexity index is 735. The first kappa shape index (κ1) is 24.5. The minimum Gasteiger partial charge on any atom is -0.374 e. The van der Waals surface area contributed by atoms with Crippen molar-refractivity contribution in [3.8, 4) is 0 Å². The molecular weight excluding hydrogens is 402 g/mol. The number of hydrogen-bond acceptors (Lipinski definition) is 4. The first-order valence-corrected chi connectivity index (χ1v) is 12.2. The summed E-state index contributed by atoms with van der Waals surface area (Å²) in [5, 5.41) is 3.44. The van der Waals surface area contributed by atoms with Crippen molar-refractivity contribution >= 4 is 11.9 Å². The second-order valence-corrected chi connectivity index (χ2v) is 9.08. The van der Waals surface area contributed by atoms with Gasteiger partial charge in [-0.25, -0.2) is 4.99 Å². The van der Waals surface area contributed by atoms with Gasteiger partial charge in [0.05, 0.1) is 25.3 Å². The van der Waals surface area contributed by atoms with E-state index in [9.17, 15) is 4.79 Å². The van der Waals surface area contributed by atoms with E-state index < -0.39 is 0 Å². The number of aliphatic imine (C=N–C) groups is 1. The van der Waals surface area contributed by atoms with Crippen LogP contribution in [-0.2, 0) is 22.7 Å². The van der Waals surface area contributed by atoms with Crippen molar-refractivity contribution in [2.75, 3.05) is 45.8 Å². The number of rotatable bonds is 8. The third-order valence-corrected chi connectivity index (χ3v) is 6.29. The SMILES string of the molecule is CCNC(=NCc1ccc(COC(C)C)cc1)N1CCN(C(C)C(=O)N2CCCC2)CC1. The zero-order valence-electron chi connectivity index (χ0n) is 20.3. The Morgan fingerprint density at radius 2 is 1.59 bits per heavy atom. The summed E-state index contributed by atoms with van der Waals surface area (Å²) in [7, 11) is 0. The summed E-state index contributed by atoms with van der Waals surface area (Å²) in [4.78, 5) is 24.3. The van der Waals surface area contributed by atoms with E-state index in [-0.39, 0.29) is 12.1 Å². The summed E-state index contributed by atoms with van der Waals surface area (Å²) in [5.41, 5.74) is 2.38. The smallest absolute Gasteiger partial charge is 0.239 e. The number of carbonyl (C=O) groups excluding carboxylic acids is 1. The molecule has 2 saturated heterocycles. The lowest BCUT2D eigenvalue weighted by atomic mass is 10.1. The highest BCUT2D eigenvalue weighted by Gasteiger charge is 2.30. The van der Waals surface area contributed by atoms with Crippen LogP contribution in [0, 0.1) is 0 Å². The number of hydrogen-bond donors (Lipinski definition) is 1. The predicted molar refractivity (Wildman–Crippen MR) is 130 cm³/mol. The van der Waals surface area contributed by atoms with Crippen LogP contribution in [0.3, 0.4) is 0 Å². The molecule has 1 atom stereocenters. The number of piperazine rings is 1. The van der Waals surface area contributed by atoms with Gasteiger partial charge in [-0.15, -0.1) is 0 Å². The Balaban J connectivity index is 1.52. The Kier molecular flexibility index (Phi) is 9.36. The van der Waals surface area contributed by atoms with E-state index in [0.717, 1.165) is 64.6 Å². The van der Waals surface area contributed by atoms with Gasteiger partial charge in [-0.05, 0) is 51.7 Å². The molecule has 1 unspecified atom stereocenters. The van der Waals surface area contributed by atoms with Crippen LogP contribution in [-0.4, -0.2) is 84.5 Å². The van der Waals surface area contributed by atoms with Crippen molar-refractivity contribution in [1.29, 1.82) is 0 Å². The Labute approximate surface area is 193 Å². The van der Waals surface area contributed by atoms with Gasteiger partial charge in [0, 0.05) is 45.8 Å². The minimum atomic E-state index is -0.0343. The summed E-state index contributed by atoms with van der Waals surface area (Å²) < 4.78 is 5.67. The molecule has 2 heterocycles. The number of carbonyl (C=O) groups is 1. The number of ether oxygens (including phenoxy) is 1. The van der Waals surface area contributed by atoms with Gasteiger partial charge in [-0.3, -0.25) is 9.69 Å². The van der Waals surface area contributed by atoms with Gasteiger partial charge in [0.1, 0.15) is 0 Å². The van der Waals surface area contributed by atoms with Crippen LogP contribution in [0.5, 0.6) is 0 Å². The lowest BCUT2D eigenvalue weighted by molar-refractivity contribution is -0.135. The molecule has 0 spiro atoms. The van der Waals surface area contributed by atoms with Crippen molar-refractivity contribution in [3.05, 3.63) is 35.4 Å². The highest BCUT2D eigenvalue weighted by atomic mass is 16.5. The average Bonchev–Trinajstić information content (AvgIpc) is 3.35. The Morgan fingerprint density at radius 3 is 2.19 bits per heavy atom. The molecule has 1 N–H and O–H groups in total. The van der Waals surface area contributed by atoms with Crippen LogP contribution in [0.2, 0.25) is 0 Å². The number of amides is 1. The number of likely N-dealkylation sites (tertiary alicyclic amines) is 1. The zero-order chi connectivity index (χ0) is 22.9. The summed E-state index contributed by atoms with van der Waals surface area (Å²) >= 11 is 0. The molecule has 1 aromatic rings. The van der Waals surface area contributed by atoms with Crippen molar-refractivity contribution in [2.24, 2.45) is 4.99 Å². The van der Waals surface area contributed by atoms with E-state index in [1.807, 2.05) is 4.90 Å². The van der Waals surface area contributed by atoms with Crippen molar-refractivity contribution < 1.29 is 9.53 Å². The lowest BCUT2D eigenvalue weighted by Gasteiger charge is -2.39. The van der Waals surface area contributed by atoms with E-state index in [1.54, 1.807) is 0 Å². The predicted octanol–water partition coefficient (Wildman–Crippen LogP) is 2.71. The average molecular weight is 444 g/mol. The van der Waals surface area contributed by atoms with Gasteiger partial charge in [-0.1, -0.05) is 24.3 Å². The van der Waals surface area contributed by atoms with E-state index >= 15 is 0 Å². The third kappa shape index (κ3) is 6.94. The summed E-state index contributed by atoms with van der Waals surface area (Å²) in [6, 6.07) is 8.48. The van der Waals surface area contributed by atoms with Gasteiger partial charge < -0.3 is 19.9 Å². The van der Waals surface area contributed by atoms with E-state index in [1.165, 1.54) is 11.1 Å². The first-order valence-electron chi connectivity index (χ1n) is 12.2. The Morgan fingerprint density at radius 1 is 0.969 bits per heavy atom. The van der Waals surface area contributed by atoms with E-state index in [0.29, 0.717) is 19.1 Å². The largest absolute Gasteiger partial charge is 0.374 e. The van der Waals surface area contributed by atoms with Crippen LogP contribution in [0.25, 0.3) is 0 Å². The fourth-order valence-corrected chi connectivity index (χ4v) is 4.27. The van der Waals surface area contributed by atoms with Crippen molar-refractivity contribution in [2.45, 2.75) is 65.8 Å². The summed E-state index contributed by atoms with van der Waals surface area (Å²) in [6.07, 6.45) is 2.52. The van der Waals surface area contributed by atoms with Gasteiger partial charge >= 0.3 is 0 Å². The van der Waals surface area contributed by atoms with E-state index in [4.69, 9.17) is 9.73 Å². The minimum absolute atomic E-state index is 0.0343. The molecule has 2 fully saturated rings. The zero-order valence-corrected chi connectivity index (χ0v) is 20.3. The molecule has 0 saturated carbocycles. The molecule has 1 aromatic carbocycles. The fraction of sp³-hybridized carbons (Fsp3) is 0.680. The molecule has 32 heavy (non-hydrogen) atoms. The van der Waals surface area contributed by atoms with Crippen LogP contribution >= 0.6 is 0 Å². The third-order valence-electron chi connectivity index (χ3n) is 6.29.